The molecule has 0 unspecified atom stereocenters. The molecule has 0 atom stereocenters. The summed E-state index contributed by atoms with van der Waals surface area (Å²) >= 11 is 0. The molecule has 1 aromatic rings. The Morgan fingerprint density at radius 1 is 1.50 bits per heavy atom. The molecule has 2 N–H and O–H groups in total. The van der Waals surface area contributed by atoms with Crippen molar-refractivity contribution < 1.29 is 4.79 Å². The Morgan fingerprint density at radius 2 is 2.22 bits per heavy atom. The molecule has 0 aliphatic rings. The van der Waals surface area contributed by atoms with E-state index in [0.717, 1.165) is 11.4 Å². The molecule has 0 aromatic carbocycles. The average molecular weight is 250 g/mol. The molecule has 0 aliphatic carbocycles. The second kappa shape index (κ2) is 6.96. The molecular weight excluding hydrogens is 228 g/mol. The van der Waals surface area contributed by atoms with Gasteiger partial charge in [-0.2, -0.15) is 0 Å². The van der Waals surface area contributed by atoms with Crippen LogP contribution in [-0.2, 0) is 11.3 Å². The van der Waals surface area contributed by atoms with Crippen LogP contribution in [-0.4, -0.2) is 42.5 Å². The van der Waals surface area contributed by atoms with Gasteiger partial charge in [0.2, 0.25) is 5.91 Å². The topological polar surface area (TPSA) is 57.3 Å². The molecular formula is C13H22N4O. The molecule has 5 nitrogen and oxygen atoms in total. The predicted octanol–water partition coefficient (Wildman–Crippen LogP) is 1.08. The summed E-state index contributed by atoms with van der Waals surface area (Å²) in [6, 6.07) is 4.07. The van der Waals surface area contributed by atoms with Gasteiger partial charge in [0.15, 0.2) is 0 Å². The third-order valence-electron chi connectivity index (χ3n) is 2.40. The minimum atomic E-state index is 0.0391. The van der Waals surface area contributed by atoms with Crippen molar-refractivity contribution in [1.82, 2.24) is 15.2 Å². The Labute approximate surface area is 109 Å². The van der Waals surface area contributed by atoms with Crippen LogP contribution in [0, 0.1) is 0 Å². The fourth-order valence-corrected chi connectivity index (χ4v) is 1.67. The third kappa shape index (κ3) is 5.14. The number of aromatic nitrogens is 1. The molecule has 0 spiro atoms. The maximum Gasteiger partial charge on any atom is 0.234 e. The fraction of sp³-hybridized carbons (Fsp3) is 0.538. The molecule has 5 heteroatoms. The summed E-state index contributed by atoms with van der Waals surface area (Å²) in [5.74, 6) is 0.0391. The van der Waals surface area contributed by atoms with Crippen molar-refractivity contribution in [3.8, 4) is 0 Å². The third-order valence-corrected chi connectivity index (χ3v) is 2.40. The normalized spacial score (nSPS) is 10.8. The van der Waals surface area contributed by atoms with Gasteiger partial charge in [-0.15, -0.1) is 0 Å². The largest absolute Gasteiger partial charge is 0.388 e. The minimum absolute atomic E-state index is 0.0391. The summed E-state index contributed by atoms with van der Waals surface area (Å²) < 4.78 is 0. The molecule has 0 aliphatic heterocycles. The summed E-state index contributed by atoms with van der Waals surface area (Å²) in [5.41, 5.74) is 1.97. The van der Waals surface area contributed by atoms with Gasteiger partial charge in [0.05, 0.1) is 12.2 Å². The number of amides is 1. The van der Waals surface area contributed by atoms with E-state index in [9.17, 15) is 4.79 Å². The zero-order valence-corrected chi connectivity index (χ0v) is 11.5. The van der Waals surface area contributed by atoms with Crippen molar-refractivity contribution in [2.45, 2.75) is 26.4 Å². The van der Waals surface area contributed by atoms with Crippen molar-refractivity contribution in [3.05, 3.63) is 24.0 Å². The van der Waals surface area contributed by atoms with Gasteiger partial charge >= 0.3 is 0 Å². The molecule has 0 fully saturated rings. The van der Waals surface area contributed by atoms with E-state index in [1.54, 1.807) is 6.20 Å². The minimum Gasteiger partial charge on any atom is -0.388 e. The van der Waals surface area contributed by atoms with Crippen LogP contribution < -0.4 is 10.6 Å². The van der Waals surface area contributed by atoms with E-state index in [4.69, 9.17) is 0 Å². The molecule has 1 aromatic heterocycles. The first-order valence-corrected chi connectivity index (χ1v) is 6.12. The smallest absolute Gasteiger partial charge is 0.234 e. The standard InChI is InChI=1S/C13H22N4O/c1-10(2)16-13(18)9-17(4)8-12-7-11(14-3)5-6-15-12/h5-7,10H,8-9H2,1-4H3,(H,14,15)(H,16,18). The Morgan fingerprint density at radius 3 is 2.83 bits per heavy atom. The van der Waals surface area contributed by atoms with Crippen LogP contribution in [0.2, 0.25) is 0 Å². The van der Waals surface area contributed by atoms with Gasteiger partial charge in [-0.1, -0.05) is 0 Å². The second-order valence-corrected chi connectivity index (χ2v) is 4.68. The number of carbonyl (C=O) groups excluding carboxylic acids is 1. The Balaban J connectivity index is 2.48. The lowest BCUT2D eigenvalue weighted by molar-refractivity contribution is -0.122. The number of likely N-dealkylation sites (N-methyl/N-ethyl adjacent to an activating group) is 1. The first-order valence-electron chi connectivity index (χ1n) is 6.12. The van der Waals surface area contributed by atoms with Crippen LogP contribution in [0.4, 0.5) is 5.69 Å². The number of hydrogen-bond donors (Lipinski definition) is 2. The highest BCUT2D eigenvalue weighted by molar-refractivity contribution is 5.78. The molecule has 1 amide bonds. The molecule has 18 heavy (non-hydrogen) atoms. The van der Waals surface area contributed by atoms with Crippen LogP contribution in [0.25, 0.3) is 0 Å². The molecule has 0 radical (unpaired) electrons. The second-order valence-electron chi connectivity index (χ2n) is 4.68. The zero-order valence-electron chi connectivity index (χ0n) is 11.5. The van der Waals surface area contributed by atoms with Gasteiger partial charge in [0.25, 0.3) is 0 Å². The maximum absolute atomic E-state index is 11.6. The fourth-order valence-electron chi connectivity index (χ4n) is 1.67. The molecule has 100 valence electrons. The van der Waals surface area contributed by atoms with E-state index in [-0.39, 0.29) is 11.9 Å². The van der Waals surface area contributed by atoms with Crippen molar-refractivity contribution >= 4 is 11.6 Å². The van der Waals surface area contributed by atoms with Crippen LogP contribution in [0.1, 0.15) is 19.5 Å². The van der Waals surface area contributed by atoms with Gasteiger partial charge in [0.1, 0.15) is 0 Å². The highest BCUT2D eigenvalue weighted by Gasteiger charge is 2.08. The quantitative estimate of drug-likeness (QED) is 0.793. The SMILES string of the molecule is CNc1ccnc(CN(C)CC(=O)NC(C)C)c1. The average Bonchev–Trinajstić information content (AvgIpc) is 2.27. The van der Waals surface area contributed by atoms with Crippen molar-refractivity contribution in [2.75, 3.05) is 26.0 Å². The van der Waals surface area contributed by atoms with Gasteiger partial charge in [-0.3, -0.25) is 14.7 Å². The van der Waals surface area contributed by atoms with Crippen molar-refractivity contribution in [2.24, 2.45) is 0 Å². The Hall–Kier alpha value is -1.62. The van der Waals surface area contributed by atoms with E-state index < -0.39 is 0 Å². The van der Waals surface area contributed by atoms with Gasteiger partial charge < -0.3 is 10.6 Å². The highest BCUT2D eigenvalue weighted by Crippen LogP contribution is 2.08. The first kappa shape index (κ1) is 14.4. The summed E-state index contributed by atoms with van der Waals surface area (Å²) in [5, 5.41) is 5.94. The Bertz CT molecular complexity index is 392. The number of rotatable bonds is 6. The molecule has 0 bridgehead atoms. The number of nitrogens with one attached hydrogen (secondary N) is 2. The molecule has 0 saturated carbocycles. The zero-order chi connectivity index (χ0) is 13.5. The van der Waals surface area contributed by atoms with E-state index >= 15 is 0 Å². The van der Waals surface area contributed by atoms with Crippen LogP contribution in [0.5, 0.6) is 0 Å². The van der Waals surface area contributed by atoms with E-state index in [0.29, 0.717) is 13.1 Å². The maximum atomic E-state index is 11.6. The first-order chi connectivity index (χ1) is 8.51. The summed E-state index contributed by atoms with van der Waals surface area (Å²) in [4.78, 5) is 17.8. The number of carbonyl (C=O) groups is 1. The van der Waals surface area contributed by atoms with Crippen LogP contribution in [0.15, 0.2) is 18.3 Å². The van der Waals surface area contributed by atoms with Gasteiger partial charge in [-0.25, -0.2) is 0 Å². The molecule has 1 heterocycles. The molecule has 0 saturated heterocycles. The number of hydrogen-bond acceptors (Lipinski definition) is 4. The summed E-state index contributed by atoms with van der Waals surface area (Å²) in [6.45, 7) is 4.94. The van der Waals surface area contributed by atoms with Crippen LogP contribution in [0.3, 0.4) is 0 Å². The number of pyridine rings is 1. The van der Waals surface area contributed by atoms with Crippen LogP contribution >= 0.6 is 0 Å². The van der Waals surface area contributed by atoms with Crippen molar-refractivity contribution in [3.63, 3.8) is 0 Å². The van der Waals surface area contributed by atoms with Gasteiger partial charge in [0, 0.05) is 31.5 Å². The predicted molar refractivity (Wildman–Crippen MR) is 73.4 cm³/mol. The molecule has 1 rings (SSSR count). The lowest BCUT2D eigenvalue weighted by atomic mass is 10.3. The summed E-state index contributed by atoms with van der Waals surface area (Å²) in [7, 11) is 3.78. The lowest BCUT2D eigenvalue weighted by Crippen LogP contribution is -2.38. The monoisotopic (exact) mass is 250 g/mol. The Kier molecular flexibility index (Phi) is 5.58. The lowest BCUT2D eigenvalue weighted by Gasteiger charge is -2.17. The van der Waals surface area contributed by atoms with Gasteiger partial charge in [-0.05, 0) is 33.0 Å². The van der Waals surface area contributed by atoms with E-state index in [2.05, 4.69) is 15.6 Å². The number of anilines is 1. The van der Waals surface area contributed by atoms with E-state index in [1.165, 1.54) is 0 Å². The van der Waals surface area contributed by atoms with Crippen molar-refractivity contribution in [1.29, 1.82) is 0 Å². The number of nitrogens with zero attached hydrogens (tertiary/aromatic N) is 2. The highest BCUT2D eigenvalue weighted by atomic mass is 16.2. The summed E-state index contributed by atoms with van der Waals surface area (Å²) in [6.07, 6.45) is 1.77. The van der Waals surface area contributed by atoms with E-state index in [1.807, 2.05) is 45.0 Å².